The first-order valence-electron chi connectivity index (χ1n) is 5.30. The van der Waals surface area contributed by atoms with Gasteiger partial charge in [-0.15, -0.1) is 0 Å². The zero-order chi connectivity index (χ0) is 13.4. The number of rotatable bonds is 5. The fraction of sp³-hybridized carbons (Fsp3) is 0.364. The molecule has 0 radical (unpaired) electrons. The van der Waals surface area contributed by atoms with Crippen molar-refractivity contribution in [1.82, 2.24) is 10.7 Å². The molecule has 0 atom stereocenters. The van der Waals surface area contributed by atoms with Crippen LogP contribution in [0, 0.1) is 6.92 Å². The van der Waals surface area contributed by atoms with Crippen molar-refractivity contribution in [3.05, 3.63) is 23.7 Å². The summed E-state index contributed by atoms with van der Waals surface area (Å²) >= 11 is 0. The van der Waals surface area contributed by atoms with Crippen molar-refractivity contribution in [1.29, 1.82) is 0 Å². The maximum atomic E-state index is 11.2. The third kappa shape index (κ3) is 4.79. The molecule has 2 N–H and O–H groups in total. The monoisotopic (exact) mass is 253 g/mol. The van der Waals surface area contributed by atoms with Crippen molar-refractivity contribution in [3.63, 3.8) is 0 Å². The largest absolute Gasteiger partial charge is 0.460 e. The Morgan fingerprint density at radius 2 is 2.22 bits per heavy atom. The molecule has 0 aliphatic carbocycles. The van der Waals surface area contributed by atoms with Crippen LogP contribution in [0.2, 0.25) is 0 Å². The van der Waals surface area contributed by atoms with Crippen LogP contribution in [0.5, 0.6) is 0 Å². The molecule has 0 spiro atoms. The van der Waals surface area contributed by atoms with Crippen LogP contribution in [-0.2, 0) is 14.3 Å². The highest BCUT2D eigenvalue weighted by atomic mass is 16.5. The van der Waals surface area contributed by atoms with Crippen LogP contribution in [0.25, 0.3) is 0 Å². The molecule has 7 nitrogen and oxygen atoms in total. The highest BCUT2D eigenvalue weighted by Crippen LogP contribution is 2.02. The van der Waals surface area contributed by atoms with E-state index in [2.05, 4.69) is 15.8 Å². The summed E-state index contributed by atoms with van der Waals surface area (Å²) in [4.78, 5) is 22.4. The standard InChI is InChI=1S/C11H15N3O4/c1-8-3-4-9(18-8)7-13-14-11(16)10(15)12-5-6-17-2/h3-4,7H,5-6H2,1-2H3,(H,12,15)(H,14,16)/b13-7-. The summed E-state index contributed by atoms with van der Waals surface area (Å²) in [7, 11) is 1.50. The molecular weight excluding hydrogens is 238 g/mol. The minimum atomic E-state index is -0.842. The molecule has 0 aliphatic heterocycles. The van der Waals surface area contributed by atoms with Crippen LogP contribution >= 0.6 is 0 Å². The van der Waals surface area contributed by atoms with Gasteiger partial charge < -0.3 is 14.5 Å². The quantitative estimate of drug-likeness (QED) is 0.329. The number of hydrazone groups is 1. The molecule has 0 bridgehead atoms. The number of carbonyl (C=O) groups excluding carboxylic acids is 2. The number of nitrogens with one attached hydrogen (secondary N) is 2. The van der Waals surface area contributed by atoms with Gasteiger partial charge in [-0.1, -0.05) is 0 Å². The molecule has 1 rings (SSSR count). The third-order valence-electron chi connectivity index (χ3n) is 1.92. The average molecular weight is 253 g/mol. The van der Waals surface area contributed by atoms with E-state index in [1.54, 1.807) is 19.1 Å². The van der Waals surface area contributed by atoms with Crippen molar-refractivity contribution in [2.75, 3.05) is 20.3 Å². The van der Waals surface area contributed by atoms with Gasteiger partial charge in [0.05, 0.1) is 12.8 Å². The predicted molar refractivity (Wildman–Crippen MR) is 64.1 cm³/mol. The Bertz CT molecular complexity index is 439. The Morgan fingerprint density at radius 1 is 1.44 bits per heavy atom. The zero-order valence-corrected chi connectivity index (χ0v) is 10.2. The molecular formula is C11H15N3O4. The van der Waals surface area contributed by atoms with Crippen LogP contribution in [0.3, 0.4) is 0 Å². The molecule has 0 saturated heterocycles. The molecule has 0 aliphatic rings. The Hall–Kier alpha value is -2.15. The second-order valence-electron chi connectivity index (χ2n) is 3.40. The van der Waals surface area contributed by atoms with E-state index in [0.717, 1.165) is 5.76 Å². The Balaban J connectivity index is 2.32. The first kappa shape index (κ1) is 13.9. The number of aryl methyl sites for hydroxylation is 1. The van der Waals surface area contributed by atoms with E-state index in [0.29, 0.717) is 12.4 Å². The van der Waals surface area contributed by atoms with Crippen LogP contribution in [0.1, 0.15) is 11.5 Å². The van der Waals surface area contributed by atoms with Crippen molar-refractivity contribution in [2.24, 2.45) is 5.10 Å². The van der Waals surface area contributed by atoms with Gasteiger partial charge in [-0.3, -0.25) is 9.59 Å². The molecule has 0 fully saturated rings. The van der Waals surface area contributed by atoms with Gasteiger partial charge in [-0.25, -0.2) is 5.43 Å². The van der Waals surface area contributed by atoms with Gasteiger partial charge in [0.1, 0.15) is 11.5 Å². The first-order chi connectivity index (χ1) is 8.63. The van der Waals surface area contributed by atoms with Crippen molar-refractivity contribution in [2.45, 2.75) is 6.92 Å². The Labute approximate surface area is 104 Å². The predicted octanol–water partition coefficient (Wildman–Crippen LogP) is -0.199. The minimum Gasteiger partial charge on any atom is -0.460 e. The van der Waals surface area contributed by atoms with E-state index < -0.39 is 11.8 Å². The van der Waals surface area contributed by atoms with Gasteiger partial charge in [0.15, 0.2) is 0 Å². The maximum Gasteiger partial charge on any atom is 0.329 e. The number of hydrogen-bond acceptors (Lipinski definition) is 5. The number of carbonyl (C=O) groups is 2. The fourth-order valence-electron chi connectivity index (χ4n) is 1.08. The van der Waals surface area contributed by atoms with Gasteiger partial charge >= 0.3 is 11.8 Å². The summed E-state index contributed by atoms with van der Waals surface area (Å²) in [5, 5.41) is 5.96. The molecule has 2 amide bonds. The molecule has 1 aromatic heterocycles. The maximum absolute atomic E-state index is 11.2. The topological polar surface area (TPSA) is 92.9 Å². The number of hydrogen-bond donors (Lipinski definition) is 2. The number of nitrogens with zero attached hydrogens (tertiary/aromatic N) is 1. The second kappa shape index (κ2) is 7.23. The number of amides is 2. The van der Waals surface area contributed by atoms with E-state index in [-0.39, 0.29) is 6.54 Å². The average Bonchev–Trinajstić information content (AvgIpc) is 2.75. The van der Waals surface area contributed by atoms with Gasteiger partial charge in [0.25, 0.3) is 0 Å². The van der Waals surface area contributed by atoms with Gasteiger partial charge in [0, 0.05) is 13.7 Å². The lowest BCUT2D eigenvalue weighted by molar-refractivity contribution is -0.139. The SMILES string of the molecule is COCCNC(=O)C(=O)N/N=C\c1ccc(C)o1. The van der Waals surface area contributed by atoms with Gasteiger partial charge in [-0.05, 0) is 19.1 Å². The van der Waals surface area contributed by atoms with Crippen LogP contribution < -0.4 is 10.7 Å². The van der Waals surface area contributed by atoms with Gasteiger partial charge in [-0.2, -0.15) is 5.10 Å². The summed E-state index contributed by atoms with van der Waals surface area (Å²) in [6, 6.07) is 3.46. The first-order valence-corrected chi connectivity index (χ1v) is 5.30. The van der Waals surface area contributed by atoms with Crippen LogP contribution in [-0.4, -0.2) is 38.3 Å². The van der Waals surface area contributed by atoms with Crippen LogP contribution in [0.4, 0.5) is 0 Å². The molecule has 1 heterocycles. The Morgan fingerprint density at radius 3 is 2.83 bits per heavy atom. The highest BCUT2D eigenvalue weighted by Gasteiger charge is 2.11. The molecule has 98 valence electrons. The second-order valence-corrected chi connectivity index (χ2v) is 3.40. The summed E-state index contributed by atoms with van der Waals surface area (Å²) in [6.07, 6.45) is 1.31. The van der Waals surface area contributed by atoms with E-state index in [4.69, 9.17) is 9.15 Å². The summed E-state index contributed by atoms with van der Waals surface area (Å²) in [6.45, 7) is 2.40. The molecule has 0 unspecified atom stereocenters. The van der Waals surface area contributed by atoms with E-state index in [1.807, 2.05) is 0 Å². The Kier molecular flexibility index (Phi) is 5.59. The lowest BCUT2D eigenvalue weighted by Crippen LogP contribution is -2.39. The fourth-order valence-corrected chi connectivity index (χ4v) is 1.08. The van der Waals surface area contributed by atoms with Gasteiger partial charge in [0.2, 0.25) is 0 Å². The van der Waals surface area contributed by atoms with E-state index in [9.17, 15) is 9.59 Å². The van der Waals surface area contributed by atoms with E-state index >= 15 is 0 Å². The number of furan rings is 1. The highest BCUT2D eigenvalue weighted by molar-refractivity contribution is 6.35. The lowest BCUT2D eigenvalue weighted by Gasteiger charge is -2.02. The van der Waals surface area contributed by atoms with Crippen molar-refractivity contribution in [3.8, 4) is 0 Å². The minimum absolute atomic E-state index is 0.268. The molecule has 7 heteroatoms. The lowest BCUT2D eigenvalue weighted by atomic mass is 10.4. The number of methoxy groups -OCH3 is 1. The molecule has 1 aromatic rings. The zero-order valence-electron chi connectivity index (χ0n) is 10.2. The normalized spacial score (nSPS) is 10.6. The van der Waals surface area contributed by atoms with Crippen molar-refractivity contribution >= 4 is 18.0 Å². The summed E-state index contributed by atoms with van der Waals surface area (Å²) < 4.78 is 9.91. The summed E-state index contributed by atoms with van der Waals surface area (Å²) in [5.74, 6) is -0.377. The summed E-state index contributed by atoms with van der Waals surface area (Å²) in [5.41, 5.74) is 2.08. The third-order valence-corrected chi connectivity index (χ3v) is 1.92. The molecule has 0 saturated carbocycles. The van der Waals surface area contributed by atoms with Crippen LogP contribution in [0.15, 0.2) is 21.7 Å². The smallest absolute Gasteiger partial charge is 0.329 e. The molecule has 0 aromatic carbocycles. The van der Waals surface area contributed by atoms with E-state index in [1.165, 1.54) is 13.3 Å². The number of ether oxygens (including phenoxy) is 1. The van der Waals surface area contributed by atoms with Crippen molar-refractivity contribution < 1.29 is 18.7 Å². The molecule has 18 heavy (non-hydrogen) atoms.